The fraction of sp³-hybridized carbons (Fsp3) is 0.444. The molecule has 0 saturated carbocycles. The van der Waals surface area contributed by atoms with Gasteiger partial charge < -0.3 is 9.47 Å². The van der Waals surface area contributed by atoms with Crippen molar-refractivity contribution in [2.75, 3.05) is 13.1 Å². The van der Waals surface area contributed by atoms with Gasteiger partial charge in [-0.2, -0.15) is 13.2 Å². The molecule has 0 bridgehead atoms. The van der Waals surface area contributed by atoms with Crippen molar-refractivity contribution in [1.82, 2.24) is 9.47 Å². The monoisotopic (exact) mass is 456 g/mol. The largest absolute Gasteiger partial charge is 0.454 e. The molecule has 0 N–H and O–H groups in total. The van der Waals surface area contributed by atoms with Crippen LogP contribution in [0.5, 0.6) is 0 Å². The average Bonchev–Trinajstić information content (AvgIpc) is 3.16. The molecule has 1 atom stereocenters. The molecule has 1 aromatic heterocycles. The van der Waals surface area contributed by atoms with E-state index in [-0.39, 0.29) is 11.6 Å². The predicted octanol–water partition coefficient (Wildman–Crippen LogP) is 6.41. The zero-order valence-corrected chi connectivity index (χ0v) is 19.3. The SMILES string of the molecule is CCCN(CCC)C1CCc2ccc3c(c(C(=O)C(F)(F)F)cn3Cc3ccccc3)c2C1. The Hall–Kier alpha value is -2.60. The number of Topliss-reactive ketones (excluding diaryl/α,β-unsaturated/α-hetero) is 1. The van der Waals surface area contributed by atoms with Gasteiger partial charge in [-0.1, -0.05) is 50.2 Å². The van der Waals surface area contributed by atoms with Crippen LogP contribution in [0.25, 0.3) is 10.9 Å². The first-order valence-corrected chi connectivity index (χ1v) is 11.9. The second kappa shape index (κ2) is 9.72. The smallest absolute Gasteiger partial charge is 0.342 e. The topological polar surface area (TPSA) is 25.2 Å². The van der Waals surface area contributed by atoms with Gasteiger partial charge >= 0.3 is 6.18 Å². The van der Waals surface area contributed by atoms with Crippen LogP contribution in [0.15, 0.2) is 48.7 Å². The Bertz CT molecular complexity index is 1110. The number of aryl methyl sites for hydroxylation is 1. The Morgan fingerprint density at radius 3 is 2.39 bits per heavy atom. The molecule has 3 aromatic rings. The fourth-order valence-corrected chi connectivity index (χ4v) is 5.23. The second-order valence-electron chi connectivity index (χ2n) is 9.01. The molecular weight excluding hydrogens is 425 g/mol. The Morgan fingerprint density at radius 1 is 1.06 bits per heavy atom. The van der Waals surface area contributed by atoms with Crippen LogP contribution in [0.1, 0.15) is 60.2 Å². The Kier molecular flexibility index (Phi) is 6.94. The highest BCUT2D eigenvalue weighted by Crippen LogP contribution is 2.37. The summed E-state index contributed by atoms with van der Waals surface area (Å²) in [4.78, 5) is 15.0. The highest BCUT2D eigenvalue weighted by molar-refractivity contribution is 6.12. The summed E-state index contributed by atoms with van der Waals surface area (Å²) < 4.78 is 42.5. The van der Waals surface area contributed by atoms with E-state index in [2.05, 4.69) is 18.7 Å². The molecule has 1 aliphatic rings. The van der Waals surface area contributed by atoms with Crippen molar-refractivity contribution in [3.8, 4) is 0 Å². The van der Waals surface area contributed by atoms with Crippen LogP contribution in [-0.2, 0) is 19.4 Å². The van der Waals surface area contributed by atoms with Crippen LogP contribution in [0.4, 0.5) is 13.2 Å². The lowest BCUT2D eigenvalue weighted by Crippen LogP contribution is -2.40. The van der Waals surface area contributed by atoms with Crippen LogP contribution in [0, 0.1) is 0 Å². The summed E-state index contributed by atoms with van der Waals surface area (Å²) in [5.74, 6) is -1.76. The van der Waals surface area contributed by atoms with Crippen molar-refractivity contribution < 1.29 is 18.0 Å². The van der Waals surface area contributed by atoms with Crippen molar-refractivity contribution in [3.63, 3.8) is 0 Å². The number of aromatic nitrogens is 1. The maximum Gasteiger partial charge on any atom is 0.454 e. The molecule has 0 fully saturated rings. The molecule has 1 aliphatic carbocycles. The van der Waals surface area contributed by atoms with Gasteiger partial charge in [0.15, 0.2) is 0 Å². The second-order valence-corrected chi connectivity index (χ2v) is 9.01. The number of alkyl halides is 3. The average molecular weight is 457 g/mol. The molecule has 0 amide bonds. The van der Waals surface area contributed by atoms with Crippen LogP contribution >= 0.6 is 0 Å². The van der Waals surface area contributed by atoms with Crippen molar-refractivity contribution in [2.45, 2.75) is 64.7 Å². The van der Waals surface area contributed by atoms with E-state index in [1.165, 1.54) is 6.20 Å². The van der Waals surface area contributed by atoms with Gasteiger partial charge in [-0.15, -0.1) is 0 Å². The number of benzene rings is 2. The van der Waals surface area contributed by atoms with E-state index in [4.69, 9.17) is 0 Å². The molecule has 176 valence electrons. The van der Waals surface area contributed by atoms with E-state index in [1.807, 2.05) is 42.5 Å². The first-order chi connectivity index (χ1) is 15.8. The van der Waals surface area contributed by atoms with E-state index < -0.39 is 12.0 Å². The normalized spacial score (nSPS) is 16.4. The Balaban J connectivity index is 1.83. The van der Waals surface area contributed by atoms with Crippen LogP contribution in [-0.4, -0.2) is 40.6 Å². The van der Waals surface area contributed by atoms with Gasteiger partial charge in [0.2, 0.25) is 0 Å². The van der Waals surface area contributed by atoms with Gasteiger partial charge in [0, 0.05) is 29.7 Å². The third-order valence-corrected chi connectivity index (χ3v) is 6.67. The summed E-state index contributed by atoms with van der Waals surface area (Å²) in [5, 5.41) is 0.489. The van der Waals surface area contributed by atoms with Crippen LogP contribution in [0.2, 0.25) is 0 Å². The number of nitrogens with zero attached hydrogens (tertiary/aromatic N) is 2. The first kappa shape index (κ1) is 23.6. The molecule has 2 aromatic carbocycles. The van der Waals surface area contributed by atoms with Crippen molar-refractivity contribution in [1.29, 1.82) is 0 Å². The lowest BCUT2D eigenvalue weighted by atomic mass is 9.84. The Labute approximate surface area is 193 Å². The fourth-order valence-electron chi connectivity index (χ4n) is 5.23. The summed E-state index contributed by atoms with van der Waals surface area (Å²) in [6.07, 6.45) is 1.08. The quantitative estimate of drug-likeness (QED) is 0.366. The molecular formula is C27H31F3N2O. The molecule has 6 heteroatoms. The maximum atomic E-state index is 13.6. The van der Waals surface area contributed by atoms with Crippen LogP contribution < -0.4 is 0 Å². The minimum absolute atomic E-state index is 0.219. The highest BCUT2D eigenvalue weighted by Gasteiger charge is 2.41. The standard InChI is InChI=1S/C27H31F3N2O/c1-3-14-31(15-4-2)21-12-10-20-11-13-24-25(22(20)16-21)23(26(33)27(28,29)30)18-32(24)17-19-8-6-5-7-9-19/h5-9,11,13,18,21H,3-4,10,12,14-17H2,1-2H3. The number of carbonyl (C=O) groups is 1. The minimum atomic E-state index is -4.90. The van der Waals surface area contributed by atoms with Gasteiger partial charge in [-0.05, 0) is 68.0 Å². The van der Waals surface area contributed by atoms with E-state index in [1.54, 1.807) is 4.57 Å². The molecule has 3 nitrogen and oxygen atoms in total. The molecule has 1 unspecified atom stereocenters. The number of hydrogen-bond acceptors (Lipinski definition) is 2. The summed E-state index contributed by atoms with van der Waals surface area (Å²) in [7, 11) is 0. The lowest BCUT2D eigenvalue weighted by Gasteiger charge is -2.35. The molecule has 33 heavy (non-hydrogen) atoms. The number of fused-ring (bicyclic) bond motifs is 3. The maximum absolute atomic E-state index is 13.6. The van der Waals surface area contributed by atoms with Gasteiger partial charge in [0.1, 0.15) is 0 Å². The summed E-state index contributed by atoms with van der Waals surface area (Å²) in [5.41, 5.74) is 3.45. The molecule has 1 heterocycles. The van der Waals surface area contributed by atoms with E-state index in [9.17, 15) is 18.0 Å². The van der Waals surface area contributed by atoms with Gasteiger partial charge in [0.05, 0.1) is 5.56 Å². The van der Waals surface area contributed by atoms with E-state index >= 15 is 0 Å². The minimum Gasteiger partial charge on any atom is -0.342 e. The van der Waals surface area contributed by atoms with Gasteiger partial charge in [0.25, 0.3) is 5.78 Å². The van der Waals surface area contributed by atoms with Gasteiger partial charge in [-0.25, -0.2) is 0 Å². The third-order valence-electron chi connectivity index (χ3n) is 6.67. The van der Waals surface area contributed by atoms with Crippen molar-refractivity contribution >= 4 is 16.7 Å². The first-order valence-electron chi connectivity index (χ1n) is 11.9. The molecule has 0 spiro atoms. The molecule has 4 rings (SSSR count). The molecule has 0 aliphatic heterocycles. The summed E-state index contributed by atoms with van der Waals surface area (Å²) >= 11 is 0. The number of hydrogen-bond donors (Lipinski definition) is 0. The highest BCUT2D eigenvalue weighted by atomic mass is 19.4. The number of ketones is 1. The Morgan fingerprint density at radius 2 is 1.76 bits per heavy atom. The van der Waals surface area contributed by atoms with Gasteiger partial charge in [-0.3, -0.25) is 4.79 Å². The summed E-state index contributed by atoms with van der Waals surface area (Å²) in [6.45, 7) is 6.69. The van der Waals surface area contributed by atoms with Crippen molar-refractivity contribution in [3.05, 3.63) is 70.9 Å². The number of carbonyl (C=O) groups excluding carboxylic acids is 1. The summed E-state index contributed by atoms with van der Waals surface area (Å²) in [6, 6.07) is 13.8. The van der Waals surface area contributed by atoms with Crippen LogP contribution in [0.3, 0.4) is 0 Å². The van der Waals surface area contributed by atoms with E-state index in [0.29, 0.717) is 23.9 Å². The number of halogens is 3. The molecule has 0 radical (unpaired) electrons. The lowest BCUT2D eigenvalue weighted by molar-refractivity contribution is -0.0884. The third kappa shape index (κ3) is 4.86. The predicted molar refractivity (Wildman–Crippen MR) is 126 cm³/mol. The zero-order chi connectivity index (χ0) is 23.6. The van der Waals surface area contributed by atoms with E-state index in [0.717, 1.165) is 55.5 Å². The molecule has 0 saturated heterocycles. The zero-order valence-electron chi connectivity index (χ0n) is 19.3. The number of rotatable bonds is 8. The van der Waals surface area contributed by atoms with Crippen molar-refractivity contribution in [2.24, 2.45) is 0 Å².